The van der Waals surface area contributed by atoms with E-state index in [1.807, 2.05) is 9.80 Å². The fourth-order valence-corrected chi connectivity index (χ4v) is 4.23. The number of carbonyl (C=O) groups is 2. The molecule has 0 saturated carbocycles. The van der Waals surface area contributed by atoms with Crippen LogP contribution in [0.2, 0.25) is 0 Å². The fourth-order valence-electron chi connectivity index (χ4n) is 4.23. The van der Waals surface area contributed by atoms with Crippen molar-refractivity contribution < 1.29 is 14.3 Å². The molecule has 2 amide bonds. The van der Waals surface area contributed by atoms with Gasteiger partial charge < -0.3 is 19.9 Å². The first-order chi connectivity index (χ1) is 11.2. The summed E-state index contributed by atoms with van der Waals surface area (Å²) in [5, 5.41) is 3.29. The zero-order chi connectivity index (χ0) is 16.3. The molecule has 1 N–H and O–H groups in total. The molecule has 1 atom stereocenters. The number of piperidine rings is 3. The first-order valence-corrected chi connectivity index (χ1v) is 9.01. The van der Waals surface area contributed by atoms with E-state index < -0.39 is 5.60 Å². The molecule has 1 unspecified atom stereocenters. The highest BCUT2D eigenvalue weighted by molar-refractivity contribution is 5.86. The van der Waals surface area contributed by atoms with E-state index in [1.165, 1.54) is 0 Å². The van der Waals surface area contributed by atoms with Gasteiger partial charge >= 0.3 is 0 Å². The van der Waals surface area contributed by atoms with E-state index in [4.69, 9.17) is 4.74 Å². The SMILES string of the molecule is COC1(C(=O)N2CCCC(N3CCCCC3=O)C2)CCNCC1. The van der Waals surface area contributed by atoms with Gasteiger partial charge in [0.2, 0.25) is 5.91 Å². The molecule has 6 nitrogen and oxygen atoms in total. The Morgan fingerprint density at radius 1 is 1.22 bits per heavy atom. The number of ether oxygens (including phenoxy) is 1. The van der Waals surface area contributed by atoms with Crippen LogP contribution in [0.3, 0.4) is 0 Å². The van der Waals surface area contributed by atoms with E-state index >= 15 is 0 Å². The van der Waals surface area contributed by atoms with Gasteiger partial charge in [0.15, 0.2) is 0 Å². The minimum atomic E-state index is -0.668. The monoisotopic (exact) mass is 323 g/mol. The average Bonchev–Trinajstić information content (AvgIpc) is 2.62. The van der Waals surface area contributed by atoms with Gasteiger partial charge in [-0.25, -0.2) is 0 Å². The summed E-state index contributed by atoms with van der Waals surface area (Å²) in [6.07, 6.45) is 6.19. The molecule has 6 heteroatoms. The number of methoxy groups -OCH3 is 1. The van der Waals surface area contributed by atoms with E-state index in [-0.39, 0.29) is 17.9 Å². The van der Waals surface area contributed by atoms with Crippen LogP contribution in [0.5, 0.6) is 0 Å². The van der Waals surface area contributed by atoms with Gasteiger partial charge in [-0.2, -0.15) is 0 Å². The third-order valence-electron chi connectivity index (χ3n) is 5.68. The van der Waals surface area contributed by atoms with Gasteiger partial charge in [0.25, 0.3) is 5.91 Å². The Morgan fingerprint density at radius 2 is 2.00 bits per heavy atom. The van der Waals surface area contributed by atoms with Gasteiger partial charge in [-0.05, 0) is 51.6 Å². The maximum atomic E-state index is 13.1. The first kappa shape index (κ1) is 16.7. The van der Waals surface area contributed by atoms with Crippen molar-refractivity contribution in [1.29, 1.82) is 0 Å². The number of nitrogens with zero attached hydrogens (tertiary/aromatic N) is 2. The molecule has 0 aromatic rings. The Morgan fingerprint density at radius 3 is 2.70 bits per heavy atom. The Labute approximate surface area is 138 Å². The average molecular weight is 323 g/mol. The Bertz CT molecular complexity index is 448. The summed E-state index contributed by atoms with van der Waals surface area (Å²) in [5.41, 5.74) is -0.668. The number of nitrogens with one attached hydrogen (secondary N) is 1. The molecule has 3 aliphatic heterocycles. The lowest BCUT2D eigenvalue weighted by Crippen LogP contribution is -2.60. The van der Waals surface area contributed by atoms with Crippen LogP contribution in [0.25, 0.3) is 0 Å². The molecule has 0 bridgehead atoms. The van der Waals surface area contributed by atoms with Crippen LogP contribution in [-0.4, -0.2) is 73.1 Å². The quantitative estimate of drug-likeness (QED) is 0.833. The van der Waals surface area contributed by atoms with E-state index in [2.05, 4.69) is 5.32 Å². The number of carbonyl (C=O) groups excluding carboxylic acids is 2. The number of hydrogen-bond acceptors (Lipinski definition) is 4. The van der Waals surface area contributed by atoms with Gasteiger partial charge in [0.05, 0.1) is 0 Å². The third-order valence-corrected chi connectivity index (χ3v) is 5.68. The van der Waals surface area contributed by atoms with E-state index in [0.717, 1.165) is 64.7 Å². The van der Waals surface area contributed by atoms with Gasteiger partial charge in [-0.1, -0.05) is 0 Å². The van der Waals surface area contributed by atoms with E-state index in [9.17, 15) is 9.59 Å². The molecule has 130 valence electrons. The summed E-state index contributed by atoms with van der Waals surface area (Å²) < 4.78 is 5.68. The Hall–Kier alpha value is -1.14. The van der Waals surface area contributed by atoms with Crippen molar-refractivity contribution in [3.05, 3.63) is 0 Å². The molecule has 3 fully saturated rings. The van der Waals surface area contributed by atoms with Crippen LogP contribution in [0.1, 0.15) is 44.9 Å². The number of hydrogen-bond donors (Lipinski definition) is 1. The minimum absolute atomic E-state index is 0.121. The van der Waals surface area contributed by atoms with E-state index in [1.54, 1.807) is 7.11 Å². The smallest absolute Gasteiger partial charge is 0.254 e. The molecule has 0 radical (unpaired) electrons. The standard InChI is InChI=1S/C17H29N3O3/c1-23-17(7-9-18-10-8-17)16(22)19-11-4-5-14(13-19)20-12-3-2-6-15(20)21/h14,18H,2-13H2,1H3. The first-order valence-electron chi connectivity index (χ1n) is 9.01. The van der Waals surface area contributed by atoms with Crippen molar-refractivity contribution in [2.45, 2.75) is 56.6 Å². The normalized spacial score (nSPS) is 28.7. The van der Waals surface area contributed by atoms with Crippen molar-refractivity contribution in [1.82, 2.24) is 15.1 Å². The van der Waals surface area contributed by atoms with Crippen LogP contribution < -0.4 is 5.32 Å². The maximum absolute atomic E-state index is 13.1. The van der Waals surface area contributed by atoms with Crippen LogP contribution >= 0.6 is 0 Å². The molecular formula is C17H29N3O3. The molecule has 3 aliphatic rings. The maximum Gasteiger partial charge on any atom is 0.254 e. The lowest BCUT2D eigenvalue weighted by atomic mass is 9.89. The molecule has 0 aromatic carbocycles. The molecule has 23 heavy (non-hydrogen) atoms. The zero-order valence-electron chi connectivity index (χ0n) is 14.2. The number of likely N-dealkylation sites (tertiary alicyclic amines) is 2. The van der Waals surface area contributed by atoms with Crippen LogP contribution in [0.4, 0.5) is 0 Å². The summed E-state index contributed by atoms with van der Waals surface area (Å²) in [4.78, 5) is 29.2. The lowest BCUT2D eigenvalue weighted by Gasteiger charge is -2.44. The molecule has 3 heterocycles. The summed E-state index contributed by atoms with van der Waals surface area (Å²) in [6, 6.07) is 0.191. The van der Waals surface area contributed by atoms with Gasteiger partial charge in [-0.3, -0.25) is 9.59 Å². The molecule has 0 aliphatic carbocycles. The molecular weight excluding hydrogens is 294 g/mol. The van der Waals surface area contributed by atoms with Crippen molar-refractivity contribution in [2.24, 2.45) is 0 Å². The lowest BCUT2D eigenvalue weighted by molar-refractivity contribution is -0.161. The van der Waals surface area contributed by atoms with Crippen molar-refractivity contribution >= 4 is 11.8 Å². The molecule has 3 saturated heterocycles. The predicted octanol–water partition coefficient (Wildman–Crippen LogP) is 0.759. The summed E-state index contributed by atoms with van der Waals surface area (Å²) >= 11 is 0. The summed E-state index contributed by atoms with van der Waals surface area (Å²) in [6.45, 7) is 3.95. The van der Waals surface area contributed by atoms with Crippen LogP contribution in [0, 0.1) is 0 Å². The molecule has 3 rings (SSSR count). The molecule has 0 spiro atoms. The number of amides is 2. The summed E-state index contributed by atoms with van der Waals surface area (Å²) in [5.74, 6) is 0.384. The molecule has 0 aromatic heterocycles. The second kappa shape index (κ2) is 7.18. The van der Waals surface area contributed by atoms with Crippen LogP contribution in [-0.2, 0) is 14.3 Å². The van der Waals surface area contributed by atoms with Gasteiger partial charge in [0, 0.05) is 39.2 Å². The summed E-state index contributed by atoms with van der Waals surface area (Å²) in [7, 11) is 1.65. The minimum Gasteiger partial charge on any atom is -0.368 e. The predicted molar refractivity (Wildman–Crippen MR) is 87.0 cm³/mol. The highest BCUT2D eigenvalue weighted by Crippen LogP contribution is 2.28. The third kappa shape index (κ3) is 3.38. The largest absolute Gasteiger partial charge is 0.368 e. The van der Waals surface area contributed by atoms with Gasteiger partial charge in [-0.15, -0.1) is 0 Å². The Balaban J connectivity index is 1.67. The van der Waals surface area contributed by atoms with Crippen molar-refractivity contribution in [3.63, 3.8) is 0 Å². The Kier molecular flexibility index (Phi) is 5.21. The van der Waals surface area contributed by atoms with Gasteiger partial charge in [0.1, 0.15) is 5.60 Å². The van der Waals surface area contributed by atoms with Crippen LogP contribution in [0.15, 0.2) is 0 Å². The second-order valence-electron chi connectivity index (χ2n) is 7.04. The highest BCUT2D eigenvalue weighted by Gasteiger charge is 2.44. The zero-order valence-corrected chi connectivity index (χ0v) is 14.2. The second-order valence-corrected chi connectivity index (χ2v) is 7.04. The van der Waals surface area contributed by atoms with Crippen molar-refractivity contribution in [3.8, 4) is 0 Å². The van der Waals surface area contributed by atoms with E-state index in [0.29, 0.717) is 13.0 Å². The number of rotatable bonds is 3. The highest BCUT2D eigenvalue weighted by atomic mass is 16.5. The topological polar surface area (TPSA) is 61.9 Å². The fraction of sp³-hybridized carbons (Fsp3) is 0.882. The van der Waals surface area contributed by atoms with Crippen molar-refractivity contribution in [2.75, 3.05) is 39.8 Å².